The highest BCUT2D eigenvalue weighted by molar-refractivity contribution is 7.99. The molecule has 0 fully saturated rings. The van der Waals surface area contributed by atoms with Gasteiger partial charge in [-0.2, -0.15) is 10.5 Å². The second-order valence-electron chi connectivity index (χ2n) is 1.12. The zero-order chi connectivity index (χ0) is 6.24. The molecule has 42 valence electrons. The molecule has 8 heavy (non-hydrogen) atoms. The van der Waals surface area contributed by atoms with Gasteiger partial charge in [-0.3, -0.25) is 0 Å². The Labute approximate surface area is 53.1 Å². The van der Waals surface area contributed by atoms with Crippen LogP contribution in [0.2, 0.25) is 0 Å². The van der Waals surface area contributed by atoms with Crippen molar-refractivity contribution < 1.29 is 0 Å². The third-order valence-corrected chi connectivity index (χ3v) is 1.35. The molecule has 0 aliphatic carbocycles. The van der Waals surface area contributed by atoms with E-state index in [0.717, 1.165) is 5.75 Å². The minimum atomic E-state index is 0.502. The Kier molecular flexibility index (Phi) is 5.80. The zero-order valence-electron chi connectivity index (χ0n) is 4.42. The SMILES string of the molecule is N#CCCSCC#N. The first-order valence-corrected chi connectivity index (χ1v) is 3.39. The first kappa shape index (κ1) is 7.33. The number of rotatable bonds is 3. The van der Waals surface area contributed by atoms with Crippen molar-refractivity contribution in [3.63, 3.8) is 0 Å². The summed E-state index contributed by atoms with van der Waals surface area (Å²) >= 11 is 1.49. The van der Waals surface area contributed by atoms with Crippen molar-refractivity contribution in [2.75, 3.05) is 11.5 Å². The largest absolute Gasteiger partial charge is 0.198 e. The number of hydrogen-bond donors (Lipinski definition) is 0. The molecule has 0 spiro atoms. The molecule has 0 rings (SSSR count). The van der Waals surface area contributed by atoms with Gasteiger partial charge in [0.15, 0.2) is 0 Å². The minimum Gasteiger partial charge on any atom is -0.198 e. The van der Waals surface area contributed by atoms with E-state index < -0.39 is 0 Å². The number of nitrogens with zero attached hydrogens (tertiary/aromatic N) is 2. The molecule has 0 amide bonds. The topological polar surface area (TPSA) is 47.6 Å². The lowest BCUT2D eigenvalue weighted by molar-refractivity contribution is 1.24. The monoisotopic (exact) mass is 126 g/mol. The molecule has 3 heteroatoms. The molecule has 0 radical (unpaired) electrons. The fraction of sp³-hybridized carbons (Fsp3) is 0.600. The molecule has 0 N–H and O–H groups in total. The van der Waals surface area contributed by atoms with Crippen LogP contribution in [0.3, 0.4) is 0 Å². The van der Waals surface area contributed by atoms with Crippen LogP contribution in [0, 0.1) is 22.7 Å². The van der Waals surface area contributed by atoms with Gasteiger partial charge in [0.1, 0.15) is 0 Å². The number of hydrogen-bond acceptors (Lipinski definition) is 3. The Hall–Kier alpha value is -0.670. The summed E-state index contributed by atoms with van der Waals surface area (Å²) in [5.41, 5.74) is 0. The molecular weight excluding hydrogens is 120 g/mol. The van der Waals surface area contributed by atoms with Gasteiger partial charge in [0.05, 0.1) is 17.9 Å². The van der Waals surface area contributed by atoms with E-state index >= 15 is 0 Å². The first-order valence-electron chi connectivity index (χ1n) is 2.23. The van der Waals surface area contributed by atoms with Crippen molar-refractivity contribution in [1.29, 1.82) is 10.5 Å². The van der Waals surface area contributed by atoms with Gasteiger partial charge >= 0.3 is 0 Å². The minimum absolute atomic E-state index is 0.502. The molecule has 0 aliphatic rings. The predicted molar refractivity (Wildman–Crippen MR) is 33.2 cm³/mol. The van der Waals surface area contributed by atoms with Gasteiger partial charge in [-0.25, -0.2) is 0 Å². The van der Waals surface area contributed by atoms with E-state index in [2.05, 4.69) is 0 Å². The van der Waals surface area contributed by atoms with Gasteiger partial charge in [0, 0.05) is 12.2 Å². The second-order valence-corrected chi connectivity index (χ2v) is 2.22. The third-order valence-electron chi connectivity index (χ3n) is 0.525. The van der Waals surface area contributed by atoms with Gasteiger partial charge in [-0.1, -0.05) is 0 Å². The summed E-state index contributed by atoms with van der Waals surface area (Å²) in [7, 11) is 0. The van der Waals surface area contributed by atoms with Crippen LogP contribution in [-0.4, -0.2) is 11.5 Å². The predicted octanol–water partition coefficient (Wildman–Crippen LogP) is 1.16. The van der Waals surface area contributed by atoms with Gasteiger partial charge in [-0.05, 0) is 0 Å². The second kappa shape index (κ2) is 6.33. The van der Waals surface area contributed by atoms with Crippen molar-refractivity contribution >= 4 is 11.8 Å². The first-order chi connectivity index (χ1) is 3.91. The van der Waals surface area contributed by atoms with Crippen LogP contribution in [0.25, 0.3) is 0 Å². The van der Waals surface area contributed by atoms with Gasteiger partial charge < -0.3 is 0 Å². The van der Waals surface area contributed by atoms with Gasteiger partial charge in [0.2, 0.25) is 0 Å². The van der Waals surface area contributed by atoms with Crippen molar-refractivity contribution in [2.24, 2.45) is 0 Å². The smallest absolute Gasteiger partial charge is 0.0808 e. The molecule has 0 aromatic heterocycles. The lowest BCUT2D eigenvalue weighted by Crippen LogP contribution is -1.76. The Balaban J connectivity index is 2.77. The molecule has 2 nitrogen and oxygen atoms in total. The average molecular weight is 126 g/mol. The molecule has 0 aromatic rings. The quantitative estimate of drug-likeness (QED) is 0.533. The lowest BCUT2D eigenvalue weighted by atomic mass is 10.6. The van der Waals surface area contributed by atoms with E-state index in [9.17, 15) is 0 Å². The van der Waals surface area contributed by atoms with E-state index in [0.29, 0.717) is 12.2 Å². The molecular formula is C5H6N2S. The van der Waals surface area contributed by atoms with E-state index in [1.165, 1.54) is 11.8 Å². The normalized spacial score (nSPS) is 7.25. The molecule has 0 unspecified atom stereocenters. The molecule has 0 bridgehead atoms. The number of nitriles is 2. The van der Waals surface area contributed by atoms with Gasteiger partial charge in [0.25, 0.3) is 0 Å². The van der Waals surface area contributed by atoms with E-state index in [4.69, 9.17) is 10.5 Å². The molecule has 0 aliphatic heterocycles. The van der Waals surface area contributed by atoms with Crippen molar-refractivity contribution in [3.05, 3.63) is 0 Å². The maximum Gasteiger partial charge on any atom is 0.0808 e. The van der Waals surface area contributed by atoms with Crippen LogP contribution in [0.15, 0.2) is 0 Å². The Bertz CT molecular complexity index is 103. The van der Waals surface area contributed by atoms with Crippen LogP contribution in [-0.2, 0) is 0 Å². The van der Waals surface area contributed by atoms with Crippen molar-refractivity contribution in [2.45, 2.75) is 6.42 Å². The molecule has 0 aromatic carbocycles. The van der Waals surface area contributed by atoms with E-state index in [-0.39, 0.29) is 0 Å². The highest BCUT2D eigenvalue weighted by atomic mass is 32.2. The van der Waals surface area contributed by atoms with Crippen LogP contribution in [0.1, 0.15) is 6.42 Å². The lowest BCUT2D eigenvalue weighted by Gasteiger charge is -1.83. The van der Waals surface area contributed by atoms with E-state index in [1.807, 2.05) is 12.1 Å². The summed E-state index contributed by atoms with van der Waals surface area (Å²) in [6.45, 7) is 0. The van der Waals surface area contributed by atoms with Crippen molar-refractivity contribution in [1.82, 2.24) is 0 Å². The van der Waals surface area contributed by atoms with Crippen molar-refractivity contribution in [3.8, 4) is 12.1 Å². The Morgan fingerprint density at radius 2 is 2.00 bits per heavy atom. The summed E-state index contributed by atoms with van der Waals surface area (Å²) in [4.78, 5) is 0. The van der Waals surface area contributed by atoms with Gasteiger partial charge in [-0.15, -0.1) is 11.8 Å². The maximum atomic E-state index is 8.02. The molecule has 0 atom stereocenters. The Morgan fingerprint density at radius 1 is 1.25 bits per heavy atom. The highest BCUT2D eigenvalue weighted by Gasteiger charge is 1.82. The summed E-state index contributed by atoms with van der Waals surface area (Å²) in [5.74, 6) is 1.28. The zero-order valence-corrected chi connectivity index (χ0v) is 5.24. The highest BCUT2D eigenvalue weighted by Crippen LogP contribution is 1.98. The summed E-state index contributed by atoms with van der Waals surface area (Å²) in [6, 6.07) is 3.98. The molecule has 0 heterocycles. The molecule has 0 saturated carbocycles. The fourth-order valence-corrected chi connectivity index (χ4v) is 0.707. The summed E-state index contributed by atoms with van der Waals surface area (Å²) in [6.07, 6.45) is 0.548. The Morgan fingerprint density at radius 3 is 2.50 bits per heavy atom. The summed E-state index contributed by atoms with van der Waals surface area (Å²) < 4.78 is 0. The number of thioether (sulfide) groups is 1. The van der Waals surface area contributed by atoms with Crippen LogP contribution >= 0.6 is 11.8 Å². The van der Waals surface area contributed by atoms with E-state index in [1.54, 1.807) is 0 Å². The third kappa shape index (κ3) is 5.33. The average Bonchev–Trinajstić information content (AvgIpc) is 1.81. The summed E-state index contributed by atoms with van der Waals surface area (Å²) in [5, 5.41) is 16.0. The van der Waals surface area contributed by atoms with Crippen LogP contribution < -0.4 is 0 Å². The maximum absolute atomic E-state index is 8.02. The molecule has 0 saturated heterocycles. The van der Waals surface area contributed by atoms with Crippen LogP contribution in [0.5, 0.6) is 0 Å². The standard InChI is InChI=1S/C5H6N2S/c6-2-1-4-8-5-3-7/h1,4-5H2. The van der Waals surface area contributed by atoms with Crippen LogP contribution in [0.4, 0.5) is 0 Å². The fourth-order valence-electron chi connectivity index (χ4n) is 0.236.